The lowest BCUT2D eigenvalue weighted by Crippen LogP contribution is -2.20. The molecule has 106 valence electrons. The molecule has 0 bridgehead atoms. The summed E-state index contributed by atoms with van der Waals surface area (Å²) in [6.07, 6.45) is 1.12. The number of esters is 1. The molecule has 7 nitrogen and oxygen atoms in total. The second-order valence-electron chi connectivity index (χ2n) is 4.89. The Morgan fingerprint density at radius 2 is 2.35 bits per heavy atom. The van der Waals surface area contributed by atoms with Gasteiger partial charge in [0.1, 0.15) is 0 Å². The standard InChI is InChI=1S/C12H14N4O3S/c1-7-3-4-15(6-7)12-14-16-8(10(18)19-2)5-9(17)13-11(16)20-12/h5,7H,3-4,6H2,1-2H3. The van der Waals surface area contributed by atoms with E-state index in [9.17, 15) is 9.59 Å². The number of methoxy groups -OCH3 is 1. The number of hydrogen-bond acceptors (Lipinski definition) is 7. The molecule has 3 rings (SSSR count). The largest absolute Gasteiger partial charge is 0.464 e. The molecule has 2 aromatic heterocycles. The number of carbonyl (C=O) groups is 1. The highest BCUT2D eigenvalue weighted by Crippen LogP contribution is 2.27. The second-order valence-corrected chi connectivity index (χ2v) is 5.82. The van der Waals surface area contributed by atoms with Gasteiger partial charge in [-0.3, -0.25) is 4.79 Å². The zero-order chi connectivity index (χ0) is 14.3. The minimum Gasteiger partial charge on any atom is -0.464 e. The Hall–Kier alpha value is -1.96. The van der Waals surface area contributed by atoms with Gasteiger partial charge in [-0.25, -0.2) is 4.79 Å². The van der Waals surface area contributed by atoms with Crippen LogP contribution in [0, 0.1) is 5.92 Å². The van der Waals surface area contributed by atoms with E-state index < -0.39 is 11.5 Å². The number of ether oxygens (including phenoxy) is 1. The van der Waals surface area contributed by atoms with Gasteiger partial charge in [0.2, 0.25) is 10.1 Å². The molecule has 0 saturated carbocycles. The molecule has 1 saturated heterocycles. The van der Waals surface area contributed by atoms with Gasteiger partial charge >= 0.3 is 5.97 Å². The predicted octanol–water partition coefficient (Wildman–Crippen LogP) is 0.784. The lowest BCUT2D eigenvalue weighted by molar-refractivity contribution is 0.0590. The lowest BCUT2D eigenvalue weighted by atomic mass is 10.2. The maximum absolute atomic E-state index is 11.7. The van der Waals surface area contributed by atoms with Crippen molar-refractivity contribution in [2.75, 3.05) is 25.1 Å². The highest BCUT2D eigenvalue weighted by Gasteiger charge is 2.23. The highest BCUT2D eigenvalue weighted by atomic mass is 32.1. The van der Waals surface area contributed by atoms with Crippen LogP contribution in [0.4, 0.5) is 5.13 Å². The van der Waals surface area contributed by atoms with Crippen molar-refractivity contribution in [1.82, 2.24) is 14.6 Å². The third kappa shape index (κ3) is 2.15. The monoisotopic (exact) mass is 294 g/mol. The molecule has 1 atom stereocenters. The number of rotatable bonds is 2. The Balaban J connectivity index is 2.10. The summed E-state index contributed by atoms with van der Waals surface area (Å²) in [5.74, 6) is 0.0289. The van der Waals surface area contributed by atoms with Crippen LogP contribution in [0.5, 0.6) is 0 Å². The SMILES string of the molecule is COC(=O)c1cc(=O)nc2sc(N3CCC(C)C3)nn12. The van der Waals surface area contributed by atoms with Gasteiger partial charge in [0.25, 0.3) is 5.56 Å². The first kappa shape index (κ1) is 13.0. The quantitative estimate of drug-likeness (QED) is 0.762. The summed E-state index contributed by atoms with van der Waals surface area (Å²) in [5.41, 5.74) is -0.354. The number of fused-ring (bicyclic) bond motifs is 1. The van der Waals surface area contributed by atoms with Gasteiger partial charge < -0.3 is 9.64 Å². The summed E-state index contributed by atoms with van der Waals surface area (Å²) in [5, 5.41) is 5.17. The Labute approximate surface area is 118 Å². The van der Waals surface area contributed by atoms with E-state index in [1.54, 1.807) is 0 Å². The molecule has 0 N–H and O–H groups in total. The minimum atomic E-state index is -0.592. The number of carbonyl (C=O) groups excluding carboxylic acids is 1. The fourth-order valence-electron chi connectivity index (χ4n) is 2.29. The van der Waals surface area contributed by atoms with Crippen molar-refractivity contribution in [2.24, 2.45) is 5.92 Å². The van der Waals surface area contributed by atoms with Crippen molar-refractivity contribution in [3.05, 3.63) is 22.1 Å². The van der Waals surface area contributed by atoms with E-state index >= 15 is 0 Å². The van der Waals surface area contributed by atoms with Crippen LogP contribution in [0.3, 0.4) is 0 Å². The number of nitrogens with zero attached hydrogens (tertiary/aromatic N) is 4. The zero-order valence-corrected chi connectivity index (χ0v) is 12.0. The van der Waals surface area contributed by atoms with Crippen LogP contribution in [0.15, 0.2) is 10.9 Å². The summed E-state index contributed by atoms with van der Waals surface area (Å²) in [6, 6.07) is 1.15. The summed E-state index contributed by atoms with van der Waals surface area (Å²) in [4.78, 5) is 29.7. The van der Waals surface area contributed by atoms with Crippen molar-refractivity contribution in [2.45, 2.75) is 13.3 Å². The van der Waals surface area contributed by atoms with Gasteiger partial charge in [-0.2, -0.15) is 9.50 Å². The third-order valence-electron chi connectivity index (χ3n) is 3.33. The van der Waals surface area contributed by atoms with Gasteiger partial charge in [-0.1, -0.05) is 18.3 Å². The molecule has 3 heterocycles. The Morgan fingerprint density at radius 1 is 1.55 bits per heavy atom. The summed E-state index contributed by atoms with van der Waals surface area (Å²) in [7, 11) is 1.27. The van der Waals surface area contributed by atoms with Gasteiger partial charge in [-0.05, 0) is 12.3 Å². The highest BCUT2D eigenvalue weighted by molar-refractivity contribution is 7.20. The summed E-state index contributed by atoms with van der Waals surface area (Å²) in [6.45, 7) is 4.05. The lowest BCUT2D eigenvalue weighted by Gasteiger charge is -2.12. The van der Waals surface area contributed by atoms with E-state index in [-0.39, 0.29) is 5.69 Å². The van der Waals surface area contributed by atoms with Crippen molar-refractivity contribution in [3.63, 3.8) is 0 Å². The van der Waals surface area contributed by atoms with Gasteiger partial charge in [0, 0.05) is 19.2 Å². The fourth-order valence-corrected chi connectivity index (χ4v) is 3.23. The normalized spacial score (nSPS) is 18.7. The summed E-state index contributed by atoms with van der Waals surface area (Å²) < 4.78 is 6.06. The van der Waals surface area contributed by atoms with Crippen LogP contribution in [0.25, 0.3) is 4.96 Å². The maximum atomic E-state index is 11.7. The van der Waals surface area contributed by atoms with Crippen LogP contribution in [0.1, 0.15) is 23.8 Å². The Morgan fingerprint density at radius 3 is 3.00 bits per heavy atom. The topological polar surface area (TPSA) is 76.8 Å². The minimum absolute atomic E-state index is 0.109. The van der Waals surface area contributed by atoms with Crippen molar-refractivity contribution in [3.8, 4) is 0 Å². The van der Waals surface area contributed by atoms with Gasteiger partial charge in [0.15, 0.2) is 5.69 Å². The summed E-state index contributed by atoms with van der Waals surface area (Å²) >= 11 is 1.31. The van der Waals surface area contributed by atoms with Crippen LogP contribution in [-0.4, -0.2) is 40.8 Å². The molecule has 1 aliphatic rings. The molecule has 0 aliphatic carbocycles. The zero-order valence-electron chi connectivity index (χ0n) is 11.2. The van der Waals surface area contributed by atoms with Crippen LogP contribution >= 0.6 is 11.3 Å². The molecule has 0 spiro atoms. The Bertz CT molecular complexity index is 723. The molecule has 1 unspecified atom stereocenters. The molecule has 1 fully saturated rings. The smallest absolute Gasteiger partial charge is 0.357 e. The second kappa shape index (κ2) is 4.86. The average molecular weight is 294 g/mol. The van der Waals surface area contributed by atoms with E-state index in [1.807, 2.05) is 0 Å². The fraction of sp³-hybridized carbons (Fsp3) is 0.500. The van der Waals surface area contributed by atoms with Crippen molar-refractivity contribution in [1.29, 1.82) is 0 Å². The first-order valence-electron chi connectivity index (χ1n) is 6.32. The van der Waals surface area contributed by atoms with Crippen molar-refractivity contribution >= 4 is 27.4 Å². The number of hydrogen-bond donors (Lipinski definition) is 0. The molecule has 1 aliphatic heterocycles. The van der Waals surface area contributed by atoms with Gasteiger partial charge in [0.05, 0.1) is 7.11 Å². The molecular formula is C12H14N4O3S. The van der Waals surface area contributed by atoms with Crippen LogP contribution < -0.4 is 10.5 Å². The molecule has 8 heteroatoms. The van der Waals surface area contributed by atoms with E-state index in [2.05, 4.69) is 26.6 Å². The molecule has 20 heavy (non-hydrogen) atoms. The number of aromatic nitrogens is 3. The van der Waals surface area contributed by atoms with E-state index in [4.69, 9.17) is 0 Å². The van der Waals surface area contributed by atoms with E-state index in [0.29, 0.717) is 10.9 Å². The van der Waals surface area contributed by atoms with Gasteiger partial charge in [-0.15, -0.1) is 5.10 Å². The molecule has 2 aromatic rings. The molecule has 0 radical (unpaired) electrons. The van der Waals surface area contributed by atoms with E-state index in [1.165, 1.54) is 23.0 Å². The average Bonchev–Trinajstić information content (AvgIpc) is 3.02. The first-order chi connectivity index (χ1) is 9.58. The molecule has 0 amide bonds. The molecular weight excluding hydrogens is 280 g/mol. The Kier molecular flexibility index (Phi) is 3.17. The predicted molar refractivity (Wildman–Crippen MR) is 74.5 cm³/mol. The molecule has 0 aromatic carbocycles. The first-order valence-corrected chi connectivity index (χ1v) is 7.14. The third-order valence-corrected chi connectivity index (χ3v) is 4.30. The van der Waals surface area contributed by atoms with Crippen LogP contribution in [0.2, 0.25) is 0 Å². The van der Waals surface area contributed by atoms with E-state index in [0.717, 1.165) is 30.7 Å². The van der Waals surface area contributed by atoms with Crippen molar-refractivity contribution < 1.29 is 9.53 Å². The van der Waals surface area contributed by atoms with Crippen LogP contribution in [-0.2, 0) is 4.74 Å². The maximum Gasteiger partial charge on any atom is 0.357 e. The number of anilines is 1.